The van der Waals surface area contributed by atoms with Crippen molar-refractivity contribution in [3.05, 3.63) is 75.9 Å². The molecule has 0 bridgehead atoms. The molecule has 0 fully saturated rings. The van der Waals surface area contributed by atoms with Crippen LogP contribution in [0, 0.1) is 21.4 Å². The monoisotopic (exact) mass is 392 g/mol. The van der Waals surface area contributed by atoms with Crippen molar-refractivity contribution in [1.29, 1.82) is 5.26 Å². The Bertz CT molecular complexity index is 980. The zero-order valence-corrected chi connectivity index (χ0v) is 14.0. The van der Waals surface area contributed by atoms with Crippen molar-refractivity contribution < 1.29 is 32.4 Å². The van der Waals surface area contributed by atoms with Crippen molar-refractivity contribution in [3.8, 4) is 17.6 Å². The highest BCUT2D eigenvalue weighted by Crippen LogP contribution is 2.35. The van der Waals surface area contributed by atoms with Gasteiger partial charge in [-0.15, -0.1) is 0 Å². The van der Waals surface area contributed by atoms with E-state index in [1.54, 1.807) is 6.07 Å². The first-order chi connectivity index (χ1) is 13.2. The number of ether oxygens (including phenoxy) is 2. The minimum atomic E-state index is -4.64. The molecule has 0 atom stereocenters. The van der Waals surface area contributed by atoms with Crippen molar-refractivity contribution in [2.75, 3.05) is 6.61 Å². The summed E-state index contributed by atoms with van der Waals surface area (Å²) in [5.41, 5.74) is -2.40. The highest BCUT2D eigenvalue weighted by Gasteiger charge is 2.31. The molecule has 0 saturated heterocycles. The lowest BCUT2D eigenvalue weighted by Gasteiger charge is -2.12. The Balaban J connectivity index is 2.42. The van der Waals surface area contributed by atoms with Crippen LogP contribution in [0.3, 0.4) is 0 Å². The number of carbonyl (C=O) groups excluding carboxylic acids is 1. The van der Waals surface area contributed by atoms with Crippen molar-refractivity contribution in [1.82, 2.24) is 0 Å². The lowest BCUT2D eigenvalue weighted by molar-refractivity contribution is -0.385. The van der Waals surface area contributed by atoms with Gasteiger partial charge in [-0.25, -0.2) is 4.79 Å². The summed E-state index contributed by atoms with van der Waals surface area (Å²) in [4.78, 5) is 22.3. The highest BCUT2D eigenvalue weighted by atomic mass is 19.4. The van der Waals surface area contributed by atoms with E-state index in [4.69, 9.17) is 14.7 Å². The second-order valence-electron chi connectivity index (χ2n) is 5.25. The molecule has 0 aliphatic carbocycles. The van der Waals surface area contributed by atoms with Crippen LogP contribution in [0.25, 0.3) is 0 Å². The molecule has 7 nitrogen and oxygen atoms in total. The average molecular weight is 392 g/mol. The second kappa shape index (κ2) is 8.22. The summed E-state index contributed by atoms with van der Waals surface area (Å²) >= 11 is 0. The number of carbonyl (C=O) groups is 1. The maximum atomic E-state index is 12.8. The molecular formula is C18H11F3N2O5. The zero-order chi connectivity index (χ0) is 20.9. The van der Waals surface area contributed by atoms with Crippen LogP contribution in [0.2, 0.25) is 0 Å². The second-order valence-corrected chi connectivity index (χ2v) is 5.25. The van der Waals surface area contributed by atoms with Crippen LogP contribution in [0.15, 0.2) is 49.1 Å². The molecule has 144 valence electrons. The largest absolute Gasteiger partial charge is 0.458 e. The highest BCUT2D eigenvalue weighted by molar-refractivity contribution is 5.94. The Kier molecular flexibility index (Phi) is 6.00. The molecule has 0 radical (unpaired) electrons. The van der Waals surface area contributed by atoms with E-state index in [2.05, 4.69) is 6.58 Å². The summed E-state index contributed by atoms with van der Waals surface area (Å²) in [6.45, 7) is 3.17. The molecule has 0 spiro atoms. The normalized spacial score (nSPS) is 10.6. The Hall–Kier alpha value is -3.87. The first kappa shape index (κ1) is 20.4. The molecule has 0 heterocycles. The van der Waals surface area contributed by atoms with Gasteiger partial charge >= 0.3 is 12.1 Å². The molecule has 0 aromatic heterocycles. The van der Waals surface area contributed by atoms with Crippen LogP contribution >= 0.6 is 0 Å². The fraction of sp³-hybridized carbons (Fsp3) is 0.111. The van der Waals surface area contributed by atoms with E-state index in [-0.39, 0.29) is 18.1 Å². The van der Waals surface area contributed by atoms with Gasteiger partial charge < -0.3 is 9.47 Å². The fourth-order valence-corrected chi connectivity index (χ4v) is 2.12. The standard InChI is InChI=1S/C18H11F3N2O5/c1-2-7-27-17(24)14-9-13(4-5-15(14)23(25)26)28-16-6-3-12(18(19,20)21)8-11(16)10-22/h2-6,8-9H,1,7H2. The molecule has 2 aromatic carbocycles. The van der Waals surface area contributed by atoms with Gasteiger partial charge in [-0.05, 0) is 24.3 Å². The van der Waals surface area contributed by atoms with E-state index >= 15 is 0 Å². The molecular weight excluding hydrogens is 381 g/mol. The Morgan fingerprint density at radius 3 is 2.57 bits per heavy atom. The van der Waals surface area contributed by atoms with E-state index in [9.17, 15) is 28.1 Å². The van der Waals surface area contributed by atoms with Gasteiger partial charge in [-0.1, -0.05) is 12.7 Å². The minimum Gasteiger partial charge on any atom is -0.458 e. The van der Waals surface area contributed by atoms with Crippen LogP contribution in [0.5, 0.6) is 11.5 Å². The Morgan fingerprint density at radius 2 is 2.00 bits per heavy atom. The zero-order valence-electron chi connectivity index (χ0n) is 14.0. The van der Waals surface area contributed by atoms with E-state index in [1.807, 2.05) is 0 Å². The lowest BCUT2D eigenvalue weighted by Crippen LogP contribution is -2.08. The third kappa shape index (κ3) is 4.64. The van der Waals surface area contributed by atoms with Crippen LogP contribution in [0.4, 0.5) is 18.9 Å². The first-order valence-electron chi connectivity index (χ1n) is 7.53. The van der Waals surface area contributed by atoms with Gasteiger partial charge in [0.15, 0.2) is 0 Å². The smallest absolute Gasteiger partial charge is 0.416 e. The lowest BCUT2D eigenvalue weighted by atomic mass is 10.1. The summed E-state index contributed by atoms with van der Waals surface area (Å²) in [7, 11) is 0. The van der Waals surface area contributed by atoms with E-state index in [0.717, 1.165) is 30.3 Å². The number of esters is 1. The maximum Gasteiger partial charge on any atom is 0.416 e. The molecule has 2 aromatic rings. The molecule has 0 aliphatic heterocycles. The van der Waals surface area contributed by atoms with E-state index in [1.165, 1.54) is 6.08 Å². The molecule has 0 aliphatic rings. The van der Waals surface area contributed by atoms with E-state index < -0.39 is 39.4 Å². The van der Waals surface area contributed by atoms with Gasteiger partial charge in [-0.2, -0.15) is 18.4 Å². The van der Waals surface area contributed by atoms with Gasteiger partial charge in [0.2, 0.25) is 0 Å². The number of rotatable bonds is 6. The van der Waals surface area contributed by atoms with E-state index in [0.29, 0.717) is 6.07 Å². The SMILES string of the molecule is C=CCOC(=O)c1cc(Oc2ccc(C(F)(F)F)cc2C#N)ccc1[N+](=O)[O-]. The number of hydrogen-bond donors (Lipinski definition) is 0. The number of alkyl halides is 3. The Morgan fingerprint density at radius 1 is 1.29 bits per heavy atom. The summed E-state index contributed by atoms with van der Waals surface area (Å²) in [5.74, 6) is -1.33. The predicted octanol–water partition coefficient (Wildman–Crippen LogP) is 4.62. The number of hydrogen-bond acceptors (Lipinski definition) is 6. The molecule has 10 heteroatoms. The molecule has 0 amide bonds. The number of nitriles is 1. The predicted molar refractivity (Wildman–Crippen MR) is 89.8 cm³/mol. The van der Waals surface area contributed by atoms with Gasteiger partial charge in [0, 0.05) is 12.1 Å². The van der Waals surface area contributed by atoms with Crippen molar-refractivity contribution in [3.63, 3.8) is 0 Å². The topological polar surface area (TPSA) is 102 Å². The van der Waals surface area contributed by atoms with Gasteiger partial charge in [-0.3, -0.25) is 10.1 Å². The van der Waals surface area contributed by atoms with Crippen molar-refractivity contribution in [2.45, 2.75) is 6.18 Å². The minimum absolute atomic E-state index is 0.104. The fourth-order valence-electron chi connectivity index (χ4n) is 2.12. The van der Waals surface area contributed by atoms with Gasteiger partial charge in [0.25, 0.3) is 5.69 Å². The Labute approximate surface area is 156 Å². The summed E-state index contributed by atoms with van der Waals surface area (Å²) in [6, 6.07) is 6.99. The van der Waals surface area contributed by atoms with Gasteiger partial charge in [0.05, 0.1) is 16.1 Å². The molecule has 0 N–H and O–H groups in total. The third-order valence-corrected chi connectivity index (χ3v) is 3.37. The van der Waals surface area contributed by atoms with Crippen LogP contribution in [-0.4, -0.2) is 17.5 Å². The van der Waals surface area contributed by atoms with Crippen LogP contribution in [-0.2, 0) is 10.9 Å². The molecule has 0 saturated carbocycles. The number of nitrogens with zero attached hydrogens (tertiary/aromatic N) is 2. The number of halogens is 3. The van der Waals surface area contributed by atoms with Gasteiger partial charge in [0.1, 0.15) is 29.7 Å². The number of benzene rings is 2. The number of nitro groups is 1. The summed E-state index contributed by atoms with van der Waals surface area (Å²) < 4.78 is 48.4. The van der Waals surface area contributed by atoms with Crippen molar-refractivity contribution in [2.24, 2.45) is 0 Å². The summed E-state index contributed by atoms with van der Waals surface area (Å²) in [6.07, 6.45) is -3.37. The average Bonchev–Trinajstić information content (AvgIpc) is 2.65. The maximum absolute atomic E-state index is 12.8. The number of nitro benzene ring substituents is 1. The third-order valence-electron chi connectivity index (χ3n) is 3.37. The molecule has 2 rings (SSSR count). The van der Waals surface area contributed by atoms with Crippen molar-refractivity contribution >= 4 is 11.7 Å². The van der Waals surface area contributed by atoms with Crippen LogP contribution in [0.1, 0.15) is 21.5 Å². The molecule has 0 unspecified atom stereocenters. The molecule has 28 heavy (non-hydrogen) atoms. The van der Waals surface area contributed by atoms with Crippen LogP contribution < -0.4 is 4.74 Å². The quantitative estimate of drug-likeness (QED) is 0.308. The summed E-state index contributed by atoms with van der Waals surface area (Å²) in [5, 5.41) is 20.2. The first-order valence-corrected chi connectivity index (χ1v) is 7.53.